The molecule has 1 aromatic rings. The maximum atomic E-state index is 13.4. The molecule has 0 saturated heterocycles. The molecule has 40 heavy (non-hydrogen) atoms. The number of carbonyl (C=O) groups is 5. The summed E-state index contributed by atoms with van der Waals surface area (Å²) in [7, 11) is 0. The highest BCUT2D eigenvalue weighted by Gasteiger charge is 2.30. The van der Waals surface area contributed by atoms with E-state index in [2.05, 4.69) is 26.3 Å². The SMILES string of the molecule is CC(C)C[C@H](NC(=O)[C@H](Cc1ccccc1)NC(=O)CNC(=O)[C@@H](C)N)C(=O)N[C@@H](CCCN=C(N)N)C(=O)O. The van der Waals surface area contributed by atoms with Crippen molar-refractivity contribution in [2.24, 2.45) is 28.1 Å². The minimum Gasteiger partial charge on any atom is -0.480 e. The van der Waals surface area contributed by atoms with E-state index in [1.807, 2.05) is 13.8 Å². The summed E-state index contributed by atoms with van der Waals surface area (Å²) in [6.45, 7) is 4.97. The Morgan fingerprint density at radius 2 is 1.48 bits per heavy atom. The summed E-state index contributed by atoms with van der Waals surface area (Å²) in [5.74, 6) is -3.86. The number of carbonyl (C=O) groups excluding carboxylic acids is 4. The molecule has 0 aliphatic carbocycles. The Morgan fingerprint density at radius 3 is 2.02 bits per heavy atom. The number of carboxylic acid groups (broad SMARTS) is 1. The fourth-order valence-electron chi connectivity index (χ4n) is 3.64. The molecule has 0 aromatic heterocycles. The van der Waals surface area contributed by atoms with Crippen molar-refractivity contribution >= 4 is 35.6 Å². The van der Waals surface area contributed by atoms with Gasteiger partial charge in [0, 0.05) is 13.0 Å². The Bertz CT molecular complexity index is 1030. The lowest BCUT2D eigenvalue weighted by Gasteiger charge is -2.25. The normalized spacial score (nSPS) is 13.7. The van der Waals surface area contributed by atoms with Crippen LogP contribution in [0.1, 0.15) is 45.6 Å². The lowest BCUT2D eigenvalue weighted by molar-refractivity contribution is -0.142. The third kappa shape index (κ3) is 13.6. The fourth-order valence-corrected chi connectivity index (χ4v) is 3.64. The Labute approximate surface area is 233 Å². The number of guanidine groups is 1. The fraction of sp³-hybridized carbons (Fsp3) is 0.538. The monoisotopic (exact) mass is 562 g/mol. The van der Waals surface area contributed by atoms with E-state index in [1.54, 1.807) is 30.3 Å². The van der Waals surface area contributed by atoms with Crippen LogP contribution in [0.2, 0.25) is 0 Å². The maximum Gasteiger partial charge on any atom is 0.326 e. The predicted octanol–water partition coefficient (Wildman–Crippen LogP) is -1.67. The summed E-state index contributed by atoms with van der Waals surface area (Å²) < 4.78 is 0. The molecule has 0 fully saturated rings. The summed E-state index contributed by atoms with van der Waals surface area (Å²) in [5, 5.41) is 19.7. The molecule has 0 spiro atoms. The molecule has 222 valence electrons. The maximum absolute atomic E-state index is 13.4. The summed E-state index contributed by atoms with van der Waals surface area (Å²) in [6, 6.07) is 4.74. The van der Waals surface area contributed by atoms with E-state index < -0.39 is 60.3 Å². The minimum atomic E-state index is -1.24. The number of nitrogens with two attached hydrogens (primary N) is 3. The minimum absolute atomic E-state index is 0.0307. The standard InChI is InChI=1S/C26H42N8O6/c1-15(2)12-19(23(37)33-18(25(39)40)10-7-11-30-26(28)29)34-24(38)20(13-17-8-5-4-6-9-17)32-21(35)14-31-22(36)16(3)27/h4-6,8-9,15-16,18-20H,7,10-14,27H2,1-3H3,(H,31,36)(H,32,35)(H,33,37)(H,34,38)(H,39,40)(H4,28,29,30)/t16-,18+,19+,20+/m1/s1. The Kier molecular flexibility index (Phi) is 14.7. The molecule has 0 unspecified atom stereocenters. The second-order valence-corrected chi connectivity index (χ2v) is 9.86. The highest BCUT2D eigenvalue weighted by atomic mass is 16.4. The lowest BCUT2D eigenvalue weighted by Crippen LogP contribution is -2.57. The average molecular weight is 563 g/mol. The number of aliphatic carboxylic acids is 1. The van der Waals surface area contributed by atoms with E-state index >= 15 is 0 Å². The summed E-state index contributed by atoms with van der Waals surface area (Å²) in [6.07, 6.45) is 0.702. The Balaban J connectivity index is 3.02. The van der Waals surface area contributed by atoms with E-state index in [4.69, 9.17) is 17.2 Å². The van der Waals surface area contributed by atoms with E-state index in [0.717, 1.165) is 5.56 Å². The van der Waals surface area contributed by atoms with Gasteiger partial charge in [-0.1, -0.05) is 44.2 Å². The van der Waals surface area contributed by atoms with Crippen LogP contribution < -0.4 is 38.5 Å². The van der Waals surface area contributed by atoms with Gasteiger partial charge in [0.05, 0.1) is 12.6 Å². The average Bonchev–Trinajstić information content (AvgIpc) is 2.87. The molecule has 1 aromatic carbocycles. The summed E-state index contributed by atoms with van der Waals surface area (Å²) >= 11 is 0. The van der Waals surface area contributed by atoms with Gasteiger partial charge in [-0.2, -0.15) is 0 Å². The second-order valence-electron chi connectivity index (χ2n) is 9.86. The van der Waals surface area contributed by atoms with Crippen molar-refractivity contribution in [3.05, 3.63) is 35.9 Å². The molecule has 14 nitrogen and oxygen atoms in total. The van der Waals surface area contributed by atoms with Crippen molar-refractivity contribution in [2.45, 2.75) is 70.6 Å². The molecule has 11 N–H and O–H groups in total. The van der Waals surface area contributed by atoms with E-state index in [-0.39, 0.29) is 37.7 Å². The number of hydrogen-bond donors (Lipinski definition) is 8. The smallest absolute Gasteiger partial charge is 0.326 e. The molecular weight excluding hydrogens is 520 g/mol. The van der Waals surface area contributed by atoms with Gasteiger partial charge >= 0.3 is 5.97 Å². The van der Waals surface area contributed by atoms with Gasteiger partial charge in [0.2, 0.25) is 23.6 Å². The molecule has 0 heterocycles. The molecule has 0 saturated carbocycles. The van der Waals surface area contributed by atoms with Crippen molar-refractivity contribution in [3.63, 3.8) is 0 Å². The highest BCUT2D eigenvalue weighted by Crippen LogP contribution is 2.09. The topological polar surface area (TPSA) is 244 Å². The summed E-state index contributed by atoms with van der Waals surface area (Å²) in [5.41, 5.74) is 16.8. The number of amides is 4. The van der Waals surface area contributed by atoms with Crippen LogP contribution in [0, 0.1) is 5.92 Å². The van der Waals surface area contributed by atoms with Crippen LogP contribution in [0.15, 0.2) is 35.3 Å². The van der Waals surface area contributed by atoms with Gasteiger partial charge in [0.1, 0.15) is 18.1 Å². The predicted molar refractivity (Wildman–Crippen MR) is 150 cm³/mol. The van der Waals surface area contributed by atoms with Gasteiger partial charge in [-0.15, -0.1) is 0 Å². The van der Waals surface area contributed by atoms with Gasteiger partial charge in [0.15, 0.2) is 5.96 Å². The highest BCUT2D eigenvalue weighted by molar-refractivity contribution is 5.94. The number of nitrogens with one attached hydrogen (secondary N) is 4. The molecule has 0 aliphatic rings. The van der Waals surface area contributed by atoms with Gasteiger partial charge in [-0.3, -0.25) is 24.2 Å². The number of nitrogens with zero attached hydrogens (tertiary/aromatic N) is 1. The van der Waals surface area contributed by atoms with Crippen LogP contribution in [0.25, 0.3) is 0 Å². The first-order valence-corrected chi connectivity index (χ1v) is 13.1. The Morgan fingerprint density at radius 1 is 0.875 bits per heavy atom. The quantitative estimate of drug-likeness (QED) is 0.0613. The van der Waals surface area contributed by atoms with Crippen molar-refractivity contribution in [2.75, 3.05) is 13.1 Å². The van der Waals surface area contributed by atoms with Crippen LogP contribution in [0.4, 0.5) is 0 Å². The first-order chi connectivity index (χ1) is 18.8. The molecule has 0 bridgehead atoms. The third-order valence-electron chi connectivity index (χ3n) is 5.67. The van der Waals surface area contributed by atoms with Crippen molar-refractivity contribution < 1.29 is 29.1 Å². The number of aliphatic imine (C=N–C) groups is 1. The van der Waals surface area contributed by atoms with Crippen LogP contribution in [0.3, 0.4) is 0 Å². The van der Waals surface area contributed by atoms with Gasteiger partial charge in [-0.05, 0) is 37.7 Å². The van der Waals surface area contributed by atoms with Crippen LogP contribution >= 0.6 is 0 Å². The van der Waals surface area contributed by atoms with Crippen molar-refractivity contribution in [1.29, 1.82) is 0 Å². The largest absolute Gasteiger partial charge is 0.480 e. The molecule has 1 rings (SSSR count). The van der Waals surface area contributed by atoms with E-state index in [0.29, 0.717) is 6.42 Å². The second kappa shape index (κ2) is 17.4. The third-order valence-corrected chi connectivity index (χ3v) is 5.67. The van der Waals surface area contributed by atoms with Crippen molar-refractivity contribution in [1.82, 2.24) is 21.3 Å². The van der Waals surface area contributed by atoms with E-state index in [9.17, 15) is 29.1 Å². The van der Waals surface area contributed by atoms with Gasteiger partial charge < -0.3 is 43.6 Å². The van der Waals surface area contributed by atoms with Crippen molar-refractivity contribution in [3.8, 4) is 0 Å². The molecule has 4 atom stereocenters. The molecular formula is C26H42N8O6. The molecule has 14 heteroatoms. The van der Waals surface area contributed by atoms with Crippen LogP contribution in [0.5, 0.6) is 0 Å². The number of hydrogen-bond acceptors (Lipinski definition) is 7. The van der Waals surface area contributed by atoms with Crippen LogP contribution in [-0.4, -0.2) is 77.9 Å². The van der Waals surface area contributed by atoms with Crippen LogP contribution in [-0.2, 0) is 30.4 Å². The van der Waals surface area contributed by atoms with Gasteiger partial charge in [-0.25, -0.2) is 4.79 Å². The number of rotatable bonds is 17. The zero-order valence-corrected chi connectivity index (χ0v) is 23.2. The lowest BCUT2D eigenvalue weighted by atomic mass is 10.0. The molecule has 0 radical (unpaired) electrons. The number of benzene rings is 1. The summed E-state index contributed by atoms with van der Waals surface area (Å²) in [4.78, 5) is 66.3. The van der Waals surface area contributed by atoms with E-state index in [1.165, 1.54) is 6.92 Å². The molecule has 4 amide bonds. The van der Waals surface area contributed by atoms with Gasteiger partial charge in [0.25, 0.3) is 0 Å². The first-order valence-electron chi connectivity index (χ1n) is 13.1. The zero-order valence-electron chi connectivity index (χ0n) is 23.2. The molecule has 0 aliphatic heterocycles. The first kappa shape index (κ1) is 33.8. The Hall–Kier alpha value is -4.20. The number of carboxylic acids is 1. The zero-order chi connectivity index (χ0) is 30.2.